The molecule has 0 aromatic carbocycles. The molecule has 0 aliphatic heterocycles. The van der Waals surface area contributed by atoms with Gasteiger partial charge >= 0.3 is 0 Å². The smallest absolute Gasteiger partial charge is 0.0619 e. The summed E-state index contributed by atoms with van der Waals surface area (Å²) in [4.78, 5) is 0. The average molecular weight is 237 g/mol. The number of hydrogen-bond acceptors (Lipinski definition) is 0. The second-order valence-corrected chi connectivity index (χ2v) is 7.29. The van der Waals surface area contributed by atoms with Crippen molar-refractivity contribution >= 4 is 7.26 Å². The molecular weight excluding hydrogens is 216 g/mol. The van der Waals surface area contributed by atoms with Crippen LogP contribution >= 0.6 is 7.26 Å². The molecule has 2 heteroatoms. The van der Waals surface area contributed by atoms with Crippen LogP contribution in [0.1, 0.15) is 28.6 Å². The summed E-state index contributed by atoms with van der Waals surface area (Å²) in [6.07, 6.45) is 3.76. The molecule has 1 unspecified atom stereocenters. The first-order valence-corrected chi connectivity index (χ1v) is 6.54. The Bertz CT molecular complexity index is 94.1. The van der Waals surface area contributed by atoms with Crippen molar-refractivity contribution in [2.75, 3.05) is 25.1 Å². The Morgan fingerprint density at radius 2 is 1.60 bits per heavy atom. The molecule has 0 aromatic rings. The molecular formula is C8H20PY+. The zero-order chi connectivity index (χ0) is 8.20. The second kappa shape index (κ2) is 7.20. The standard InChI is InChI=1S/C8H20P.Y/c1-5-8-9(4,6-2)7-3;/h5-8H2,1-4H3;/q+1;/i8D;. The largest absolute Gasteiger partial charge is 0.0708 e. The van der Waals surface area contributed by atoms with Gasteiger partial charge in [0, 0.05) is 46.6 Å². The zero-order valence-electron chi connectivity index (χ0n) is 8.72. The van der Waals surface area contributed by atoms with Crippen LogP contribution in [0.2, 0.25) is 0 Å². The van der Waals surface area contributed by atoms with Crippen molar-refractivity contribution in [3.05, 3.63) is 0 Å². The Hall–Kier alpha value is 1.53. The van der Waals surface area contributed by atoms with Gasteiger partial charge in [-0.25, -0.2) is 0 Å². The minimum absolute atomic E-state index is 0. The third-order valence-corrected chi connectivity index (χ3v) is 6.20. The van der Waals surface area contributed by atoms with E-state index >= 15 is 0 Å². The van der Waals surface area contributed by atoms with E-state index < -0.39 is 7.26 Å². The predicted octanol–water partition coefficient (Wildman–Crippen LogP) is 3.08. The molecule has 0 amide bonds. The first-order valence-electron chi connectivity index (χ1n) is 4.44. The summed E-state index contributed by atoms with van der Waals surface area (Å²) in [5, 5.41) is 0. The first-order chi connectivity index (χ1) is 4.60. The maximum atomic E-state index is 7.82. The summed E-state index contributed by atoms with van der Waals surface area (Å²) >= 11 is 0. The van der Waals surface area contributed by atoms with Crippen LogP contribution in [0.4, 0.5) is 0 Å². The van der Waals surface area contributed by atoms with E-state index in [1.807, 2.05) is 0 Å². The Balaban J connectivity index is 0. The fourth-order valence-corrected chi connectivity index (χ4v) is 2.77. The Kier molecular flexibility index (Phi) is 8.30. The van der Waals surface area contributed by atoms with E-state index in [0.29, 0.717) is 0 Å². The second-order valence-electron chi connectivity index (χ2n) is 2.70. The molecule has 0 N–H and O–H groups in total. The van der Waals surface area contributed by atoms with Crippen molar-refractivity contribution < 1.29 is 34.1 Å². The molecule has 0 nitrogen and oxygen atoms in total. The fraction of sp³-hybridized carbons (Fsp3) is 1.00. The summed E-state index contributed by atoms with van der Waals surface area (Å²) < 4.78 is 7.82. The SMILES string of the molecule is [2H]C(CC)[P+](C)(CC)CC.[Y]. The minimum atomic E-state index is -0.856. The molecule has 0 spiro atoms. The molecule has 0 rings (SSSR count). The fourth-order valence-electron chi connectivity index (χ4n) is 0.923. The van der Waals surface area contributed by atoms with Crippen LogP contribution in [0.25, 0.3) is 0 Å². The van der Waals surface area contributed by atoms with E-state index in [1.54, 1.807) is 0 Å². The van der Waals surface area contributed by atoms with E-state index in [4.69, 9.17) is 1.37 Å². The average Bonchev–Trinajstić information content (AvgIpc) is 2.01. The van der Waals surface area contributed by atoms with Crippen molar-refractivity contribution in [3.8, 4) is 0 Å². The summed E-state index contributed by atoms with van der Waals surface area (Å²) in [6.45, 7) is 8.92. The summed E-state index contributed by atoms with van der Waals surface area (Å²) in [5.74, 6) is 0. The summed E-state index contributed by atoms with van der Waals surface area (Å²) in [6, 6.07) is 0. The predicted molar refractivity (Wildman–Crippen MR) is 49.1 cm³/mol. The van der Waals surface area contributed by atoms with Crippen molar-refractivity contribution in [1.82, 2.24) is 0 Å². The van der Waals surface area contributed by atoms with Gasteiger partial charge in [0.1, 0.15) is 0 Å². The van der Waals surface area contributed by atoms with Gasteiger partial charge in [0.25, 0.3) is 0 Å². The molecule has 0 aromatic heterocycles. The molecule has 59 valence electrons. The van der Waals surface area contributed by atoms with Crippen LogP contribution in [0.15, 0.2) is 0 Å². The normalized spacial score (nSPS) is 15.4. The van der Waals surface area contributed by atoms with E-state index in [9.17, 15) is 0 Å². The van der Waals surface area contributed by atoms with Gasteiger partial charge < -0.3 is 0 Å². The Morgan fingerprint density at radius 1 is 1.20 bits per heavy atom. The van der Waals surface area contributed by atoms with Crippen LogP contribution < -0.4 is 0 Å². The zero-order valence-corrected chi connectivity index (χ0v) is 11.5. The molecule has 1 atom stereocenters. The van der Waals surface area contributed by atoms with Crippen LogP contribution in [0, 0.1) is 0 Å². The van der Waals surface area contributed by atoms with E-state index in [1.165, 1.54) is 12.3 Å². The van der Waals surface area contributed by atoms with Crippen molar-refractivity contribution in [2.45, 2.75) is 27.2 Å². The Morgan fingerprint density at radius 3 is 1.70 bits per heavy atom. The molecule has 10 heavy (non-hydrogen) atoms. The number of hydrogen-bond donors (Lipinski definition) is 0. The van der Waals surface area contributed by atoms with Gasteiger partial charge in [0.15, 0.2) is 0 Å². The van der Waals surface area contributed by atoms with Crippen LogP contribution in [-0.4, -0.2) is 25.1 Å². The molecule has 0 aliphatic rings. The monoisotopic (exact) mass is 237 g/mol. The van der Waals surface area contributed by atoms with Gasteiger partial charge in [-0.3, -0.25) is 0 Å². The molecule has 0 saturated carbocycles. The third kappa shape index (κ3) is 5.22. The van der Waals surface area contributed by atoms with Crippen LogP contribution in [-0.2, 0) is 32.7 Å². The van der Waals surface area contributed by atoms with Crippen molar-refractivity contribution in [1.29, 1.82) is 0 Å². The first kappa shape index (κ1) is 11.5. The number of rotatable bonds is 4. The quantitative estimate of drug-likeness (QED) is 0.659. The maximum absolute atomic E-state index is 7.82. The van der Waals surface area contributed by atoms with Gasteiger partial charge in [0.2, 0.25) is 0 Å². The molecule has 0 aliphatic carbocycles. The maximum Gasteiger partial charge on any atom is 0.0708 e. The molecule has 1 radical (unpaired) electrons. The molecule has 0 saturated heterocycles. The van der Waals surface area contributed by atoms with E-state index in [2.05, 4.69) is 27.4 Å². The Labute approximate surface area is 93.2 Å². The van der Waals surface area contributed by atoms with Crippen LogP contribution in [0.5, 0.6) is 0 Å². The van der Waals surface area contributed by atoms with Gasteiger partial charge in [-0.2, -0.15) is 0 Å². The summed E-state index contributed by atoms with van der Waals surface area (Å²) in [7, 11) is -0.856. The van der Waals surface area contributed by atoms with Gasteiger partial charge in [0.05, 0.1) is 19.8 Å². The van der Waals surface area contributed by atoms with Crippen molar-refractivity contribution in [2.24, 2.45) is 0 Å². The van der Waals surface area contributed by atoms with Crippen molar-refractivity contribution in [3.63, 3.8) is 0 Å². The van der Waals surface area contributed by atoms with E-state index in [0.717, 1.165) is 6.42 Å². The van der Waals surface area contributed by atoms with Crippen LogP contribution in [0.3, 0.4) is 0 Å². The third-order valence-electron chi connectivity index (χ3n) is 2.07. The van der Waals surface area contributed by atoms with Gasteiger partial charge in [-0.15, -0.1) is 0 Å². The van der Waals surface area contributed by atoms with E-state index in [-0.39, 0.29) is 38.8 Å². The molecule has 0 bridgehead atoms. The topological polar surface area (TPSA) is 0 Å². The van der Waals surface area contributed by atoms with Gasteiger partial charge in [-0.05, 0) is 20.3 Å². The minimum Gasteiger partial charge on any atom is -0.0619 e. The molecule has 0 heterocycles. The summed E-state index contributed by atoms with van der Waals surface area (Å²) in [5.41, 5.74) is 0. The molecule has 0 fully saturated rings. The van der Waals surface area contributed by atoms with Gasteiger partial charge in [-0.1, -0.05) is 6.92 Å².